The highest BCUT2D eigenvalue weighted by Gasteiger charge is 2.23. The summed E-state index contributed by atoms with van der Waals surface area (Å²) >= 11 is 6.07. The van der Waals surface area contributed by atoms with Crippen molar-refractivity contribution in [2.45, 2.75) is 26.3 Å². The Labute approximate surface area is 158 Å². The Morgan fingerprint density at radius 2 is 2.15 bits per heavy atom. The molecule has 3 rings (SSSR count). The zero-order valence-corrected chi connectivity index (χ0v) is 15.5. The molecule has 0 atom stereocenters. The molecule has 1 N–H and O–H groups in total. The number of aromatic hydroxyl groups is 1. The lowest BCUT2D eigenvalue weighted by atomic mass is 10.0. The lowest BCUT2D eigenvalue weighted by molar-refractivity contribution is 0.0959. The zero-order valence-electron chi connectivity index (χ0n) is 14.7. The number of carbonyl (C=O) groups is 1. The quantitative estimate of drug-likeness (QED) is 0.776. The number of amides is 1. The molecule has 0 saturated carbocycles. The van der Waals surface area contributed by atoms with Crippen molar-refractivity contribution in [3.63, 3.8) is 0 Å². The topological polar surface area (TPSA) is 59.0 Å². The van der Waals surface area contributed by atoms with E-state index >= 15 is 0 Å². The van der Waals surface area contributed by atoms with Crippen molar-refractivity contribution >= 4 is 17.7 Å². The Bertz CT molecular complexity index is 793. The highest BCUT2D eigenvalue weighted by Crippen LogP contribution is 2.38. The van der Waals surface area contributed by atoms with Crippen LogP contribution in [0.2, 0.25) is 5.02 Å². The average molecular weight is 376 g/mol. The molecule has 138 valence electrons. The van der Waals surface area contributed by atoms with Crippen LogP contribution in [0.15, 0.2) is 36.4 Å². The van der Waals surface area contributed by atoms with E-state index in [0.29, 0.717) is 37.1 Å². The summed E-state index contributed by atoms with van der Waals surface area (Å²) in [5.41, 5.74) is 2.44. The number of hydrogen-bond acceptors (Lipinski definition) is 4. The van der Waals surface area contributed by atoms with Gasteiger partial charge in [-0.3, -0.25) is 0 Å². The van der Waals surface area contributed by atoms with Gasteiger partial charge in [0.2, 0.25) is 0 Å². The molecule has 1 aliphatic rings. The van der Waals surface area contributed by atoms with Gasteiger partial charge < -0.3 is 19.5 Å². The molecule has 5 nitrogen and oxygen atoms in total. The third-order valence-corrected chi connectivity index (χ3v) is 4.49. The molecule has 0 radical (unpaired) electrons. The van der Waals surface area contributed by atoms with E-state index in [-0.39, 0.29) is 11.8 Å². The predicted octanol–water partition coefficient (Wildman–Crippen LogP) is 4.84. The van der Waals surface area contributed by atoms with Gasteiger partial charge in [0.15, 0.2) is 11.5 Å². The summed E-state index contributed by atoms with van der Waals surface area (Å²) in [4.78, 5) is 13.9. The Morgan fingerprint density at radius 1 is 1.31 bits per heavy atom. The maximum Gasteiger partial charge on any atom is 0.410 e. The third kappa shape index (κ3) is 4.22. The predicted molar refractivity (Wildman–Crippen MR) is 101 cm³/mol. The molecule has 1 heterocycles. The van der Waals surface area contributed by atoms with E-state index in [2.05, 4.69) is 0 Å². The highest BCUT2D eigenvalue weighted by atomic mass is 35.5. The van der Waals surface area contributed by atoms with E-state index in [1.165, 1.54) is 0 Å². The van der Waals surface area contributed by atoms with Crippen LogP contribution >= 0.6 is 11.6 Å². The number of fused-ring (bicyclic) bond motifs is 1. The molecular formula is C20H22ClNO4. The number of nitrogens with zero attached hydrogens (tertiary/aromatic N) is 1. The van der Waals surface area contributed by atoms with Crippen LogP contribution in [0, 0.1) is 0 Å². The van der Waals surface area contributed by atoms with Gasteiger partial charge in [-0.1, -0.05) is 37.1 Å². The summed E-state index contributed by atoms with van der Waals surface area (Å²) in [6, 6.07) is 11.0. The maximum atomic E-state index is 12.3. The van der Waals surface area contributed by atoms with Crippen LogP contribution in [0.5, 0.6) is 11.5 Å². The van der Waals surface area contributed by atoms with Gasteiger partial charge in [-0.05, 0) is 41.8 Å². The lowest BCUT2D eigenvalue weighted by Crippen LogP contribution is -2.33. The lowest BCUT2D eigenvalue weighted by Gasteiger charge is -2.19. The summed E-state index contributed by atoms with van der Waals surface area (Å²) in [7, 11) is 0. The second-order valence-corrected chi connectivity index (χ2v) is 6.67. The van der Waals surface area contributed by atoms with Crippen molar-refractivity contribution < 1.29 is 19.4 Å². The number of ether oxygens (including phenoxy) is 2. The molecule has 1 aliphatic heterocycles. The van der Waals surface area contributed by atoms with Gasteiger partial charge in [0, 0.05) is 10.6 Å². The van der Waals surface area contributed by atoms with Crippen molar-refractivity contribution in [1.82, 2.24) is 4.90 Å². The van der Waals surface area contributed by atoms with Gasteiger partial charge in [-0.2, -0.15) is 0 Å². The molecule has 26 heavy (non-hydrogen) atoms. The smallest absolute Gasteiger partial charge is 0.410 e. The molecule has 0 spiro atoms. The van der Waals surface area contributed by atoms with Gasteiger partial charge >= 0.3 is 6.09 Å². The van der Waals surface area contributed by atoms with Crippen LogP contribution < -0.4 is 4.74 Å². The van der Waals surface area contributed by atoms with Crippen molar-refractivity contribution in [2.75, 3.05) is 19.8 Å². The molecule has 2 aromatic carbocycles. The van der Waals surface area contributed by atoms with Gasteiger partial charge in [0.05, 0.1) is 19.7 Å². The Balaban J connectivity index is 1.86. The molecule has 0 saturated heterocycles. The zero-order chi connectivity index (χ0) is 18.5. The van der Waals surface area contributed by atoms with E-state index in [4.69, 9.17) is 21.1 Å². The van der Waals surface area contributed by atoms with E-state index in [1.807, 2.05) is 31.2 Å². The van der Waals surface area contributed by atoms with Crippen LogP contribution in [0.1, 0.15) is 25.3 Å². The summed E-state index contributed by atoms with van der Waals surface area (Å²) in [6.07, 6.45) is 1.45. The fourth-order valence-corrected chi connectivity index (χ4v) is 3.07. The number of halogens is 1. The molecule has 0 fully saturated rings. The molecule has 2 aromatic rings. The number of phenolic OH excluding ortho intramolecular Hbond substituents is 1. The number of rotatable bonds is 4. The Hall–Kier alpha value is -2.40. The Morgan fingerprint density at radius 3 is 2.92 bits per heavy atom. The van der Waals surface area contributed by atoms with Crippen LogP contribution in [0.4, 0.5) is 4.79 Å². The van der Waals surface area contributed by atoms with E-state index in [0.717, 1.165) is 29.5 Å². The monoisotopic (exact) mass is 375 g/mol. The molecule has 0 unspecified atom stereocenters. The van der Waals surface area contributed by atoms with E-state index < -0.39 is 0 Å². The average Bonchev–Trinajstić information content (AvgIpc) is 2.85. The number of hydrogen-bond donors (Lipinski definition) is 1. The molecule has 0 bridgehead atoms. The van der Waals surface area contributed by atoms with Gasteiger partial charge in [-0.15, -0.1) is 0 Å². The van der Waals surface area contributed by atoms with Crippen LogP contribution in [0.25, 0.3) is 11.1 Å². The Kier molecular flexibility index (Phi) is 5.89. The molecule has 6 heteroatoms. The van der Waals surface area contributed by atoms with Crippen LogP contribution in [0.3, 0.4) is 0 Å². The molecule has 1 amide bonds. The van der Waals surface area contributed by atoms with Gasteiger partial charge in [0.1, 0.15) is 6.61 Å². The minimum absolute atomic E-state index is 0.0543. The minimum atomic E-state index is -0.359. The SMILES string of the molecule is CCCCOC(=O)N1CCOc2c(O)cc(-c3cccc(Cl)c3)cc2C1. The van der Waals surface area contributed by atoms with E-state index in [1.54, 1.807) is 17.0 Å². The van der Waals surface area contributed by atoms with Gasteiger partial charge in [-0.25, -0.2) is 4.79 Å². The molecular weight excluding hydrogens is 354 g/mol. The van der Waals surface area contributed by atoms with Crippen molar-refractivity contribution in [3.8, 4) is 22.6 Å². The summed E-state index contributed by atoms with van der Waals surface area (Å²) in [6.45, 7) is 3.49. The molecule has 0 aromatic heterocycles. The summed E-state index contributed by atoms with van der Waals surface area (Å²) < 4.78 is 11.0. The second kappa shape index (κ2) is 8.32. The minimum Gasteiger partial charge on any atom is -0.504 e. The highest BCUT2D eigenvalue weighted by molar-refractivity contribution is 6.30. The van der Waals surface area contributed by atoms with Crippen LogP contribution in [-0.4, -0.2) is 35.9 Å². The first-order valence-electron chi connectivity index (χ1n) is 8.75. The normalized spacial score (nSPS) is 13.5. The first-order valence-corrected chi connectivity index (χ1v) is 9.12. The van der Waals surface area contributed by atoms with Crippen molar-refractivity contribution in [3.05, 3.63) is 47.0 Å². The van der Waals surface area contributed by atoms with Crippen LogP contribution in [-0.2, 0) is 11.3 Å². The third-order valence-electron chi connectivity index (χ3n) is 4.25. The largest absolute Gasteiger partial charge is 0.504 e. The number of unbranched alkanes of at least 4 members (excludes halogenated alkanes) is 1. The first kappa shape index (κ1) is 18.4. The number of benzene rings is 2. The maximum absolute atomic E-state index is 12.3. The van der Waals surface area contributed by atoms with Crippen molar-refractivity contribution in [1.29, 1.82) is 0 Å². The van der Waals surface area contributed by atoms with Crippen molar-refractivity contribution in [2.24, 2.45) is 0 Å². The number of phenols is 1. The fraction of sp³-hybridized carbons (Fsp3) is 0.350. The molecule has 0 aliphatic carbocycles. The first-order chi connectivity index (χ1) is 12.6. The summed E-state index contributed by atoms with van der Waals surface area (Å²) in [5, 5.41) is 11.0. The second-order valence-electron chi connectivity index (χ2n) is 6.23. The number of carbonyl (C=O) groups excluding carboxylic acids is 1. The fourth-order valence-electron chi connectivity index (χ4n) is 2.88. The standard InChI is InChI=1S/C20H22ClNO4/c1-2-3-8-26-20(24)22-7-9-25-19-16(13-22)10-15(12-18(19)23)14-5-4-6-17(21)11-14/h4-6,10-12,23H,2-3,7-9,13H2,1H3. The van der Waals surface area contributed by atoms with E-state index in [9.17, 15) is 9.90 Å². The summed E-state index contributed by atoms with van der Waals surface area (Å²) in [5.74, 6) is 0.471. The van der Waals surface area contributed by atoms with Gasteiger partial charge in [0.25, 0.3) is 0 Å².